The number of aromatic nitrogens is 2. The summed E-state index contributed by atoms with van der Waals surface area (Å²) in [5.74, 6) is 0. The van der Waals surface area contributed by atoms with E-state index < -0.39 is 9.05 Å². The van der Waals surface area contributed by atoms with Gasteiger partial charge in [0.25, 0.3) is 14.2 Å². The van der Waals surface area contributed by atoms with Crippen LogP contribution in [0.5, 0.6) is 0 Å². The van der Waals surface area contributed by atoms with Gasteiger partial charge in [0, 0.05) is 22.1 Å². The maximum absolute atomic E-state index is 10.9. The number of nitrogens with zero attached hydrogens (tertiary/aromatic N) is 2. The Morgan fingerprint density at radius 3 is 1.77 bits per heavy atom. The molecule has 0 fully saturated rings. The second-order valence-corrected chi connectivity index (χ2v) is 5.20. The molecule has 72 valence electrons. The normalized spacial score (nSPS) is 11.7. The molecular weight excluding hydrogens is 212 g/mol. The number of rotatable bonds is 1. The highest BCUT2D eigenvalue weighted by Crippen LogP contribution is 2.14. The highest BCUT2D eigenvalue weighted by atomic mass is 35.7. The van der Waals surface area contributed by atoms with Crippen LogP contribution in [0.15, 0.2) is 5.16 Å². The van der Waals surface area contributed by atoms with E-state index in [2.05, 4.69) is 9.97 Å². The Morgan fingerprint density at radius 2 is 1.46 bits per heavy atom. The summed E-state index contributed by atoms with van der Waals surface area (Å²) in [7, 11) is 1.29. The van der Waals surface area contributed by atoms with Crippen LogP contribution in [0, 0.1) is 20.8 Å². The first-order chi connectivity index (χ1) is 5.82. The first-order valence-corrected chi connectivity index (χ1v) is 5.90. The molecule has 4 nitrogen and oxygen atoms in total. The van der Waals surface area contributed by atoms with Gasteiger partial charge >= 0.3 is 0 Å². The van der Waals surface area contributed by atoms with Crippen molar-refractivity contribution in [3.05, 3.63) is 17.0 Å². The summed E-state index contributed by atoms with van der Waals surface area (Å²) in [5, 5.41) is -0.324. The molecular formula is C7H9ClN2O2S. The van der Waals surface area contributed by atoms with E-state index in [9.17, 15) is 8.42 Å². The van der Waals surface area contributed by atoms with Gasteiger partial charge in [0.05, 0.1) is 0 Å². The molecule has 6 heteroatoms. The lowest BCUT2D eigenvalue weighted by molar-refractivity contribution is 0.599. The van der Waals surface area contributed by atoms with Gasteiger partial charge in [-0.15, -0.1) is 0 Å². The number of halogens is 1. The van der Waals surface area contributed by atoms with E-state index in [1.807, 2.05) is 6.92 Å². The average Bonchev–Trinajstić information content (AvgIpc) is 1.97. The summed E-state index contributed by atoms with van der Waals surface area (Å²) in [6.45, 7) is 5.26. The predicted molar refractivity (Wildman–Crippen MR) is 49.3 cm³/mol. The first-order valence-electron chi connectivity index (χ1n) is 3.59. The standard InChI is InChI=1S/C7H9ClN2O2S/c1-4-5(2)9-7(10-6(4)3)13(8,11)12/h1-3H3. The lowest BCUT2D eigenvalue weighted by Gasteiger charge is -2.03. The van der Waals surface area contributed by atoms with Gasteiger partial charge in [-0.2, -0.15) is 0 Å². The minimum absolute atomic E-state index is 0.324. The third-order valence-electron chi connectivity index (χ3n) is 1.83. The van der Waals surface area contributed by atoms with Crippen LogP contribution < -0.4 is 0 Å². The molecule has 1 aromatic rings. The van der Waals surface area contributed by atoms with Gasteiger partial charge in [-0.25, -0.2) is 18.4 Å². The van der Waals surface area contributed by atoms with Crippen LogP contribution >= 0.6 is 10.7 Å². The Labute approximate surface area is 81.4 Å². The molecule has 0 aliphatic carbocycles. The number of aryl methyl sites for hydroxylation is 2. The molecule has 0 aliphatic rings. The van der Waals surface area contributed by atoms with Crippen molar-refractivity contribution >= 4 is 19.7 Å². The Hall–Kier alpha value is -0.680. The van der Waals surface area contributed by atoms with Gasteiger partial charge in [0.1, 0.15) is 0 Å². The molecule has 0 aliphatic heterocycles. The fourth-order valence-corrected chi connectivity index (χ4v) is 1.55. The molecule has 13 heavy (non-hydrogen) atoms. The maximum Gasteiger partial charge on any atom is 0.296 e. The highest BCUT2D eigenvalue weighted by Gasteiger charge is 2.15. The third-order valence-corrected chi connectivity index (χ3v) is 2.86. The minimum Gasteiger partial charge on any atom is -0.222 e. The fourth-order valence-electron chi connectivity index (χ4n) is 0.850. The van der Waals surface area contributed by atoms with E-state index in [4.69, 9.17) is 10.7 Å². The molecule has 0 atom stereocenters. The van der Waals surface area contributed by atoms with Gasteiger partial charge in [-0.05, 0) is 26.3 Å². The second-order valence-electron chi connectivity index (χ2n) is 2.74. The fraction of sp³-hybridized carbons (Fsp3) is 0.429. The van der Waals surface area contributed by atoms with E-state index in [-0.39, 0.29) is 5.16 Å². The summed E-state index contributed by atoms with van der Waals surface area (Å²) >= 11 is 0. The Bertz CT molecular complexity index is 419. The zero-order valence-corrected chi connectivity index (χ0v) is 9.07. The summed E-state index contributed by atoms with van der Waals surface area (Å²) in [6, 6.07) is 0. The van der Waals surface area contributed by atoms with Crippen molar-refractivity contribution in [3.63, 3.8) is 0 Å². The average molecular weight is 221 g/mol. The molecule has 0 saturated carbocycles. The lowest BCUT2D eigenvalue weighted by atomic mass is 10.2. The van der Waals surface area contributed by atoms with Crippen molar-refractivity contribution in [2.24, 2.45) is 0 Å². The molecule has 0 spiro atoms. The Kier molecular flexibility index (Phi) is 2.58. The second kappa shape index (κ2) is 3.23. The van der Waals surface area contributed by atoms with Crippen molar-refractivity contribution in [1.29, 1.82) is 0 Å². The molecule has 1 aromatic heterocycles. The number of hydrogen-bond acceptors (Lipinski definition) is 4. The minimum atomic E-state index is -3.81. The van der Waals surface area contributed by atoms with Gasteiger partial charge in [0.15, 0.2) is 0 Å². The van der Waals surface area contributed by atoms with Crippen LogP contribution in [-0.2, 0) is 9.05 Å². The SMILES string of the molecule is Cc1nc(S(=O)(=O)Cl)nc(C)c1C. The van der Waals surface area contributed by atoms with Crippen LogP contribution in [0.2, 0.25) is 0 Å². The molecule has 0 aromatic carbocycles. The first kappa shape index (κ1) is 10.4. The van der Waals surface area contributed by atoms with E-state index >= 15 is 0 Å². The summed E-state index contributed by atoms with van der Waals surface area (Å²) in [5.41, 5.74) is 2.14. The zero-order chi connectivity index (χ0) is 10.2. The molecule has 1 rings (SSSR count). The van der Waals surface area contributed by atoms with Crippen LogP contribution in [-0.4, -0.2) is 18.4 Å². The van der Waals surface area contributed by atoms with E-state index in [1.54, 1.807) is 13.8 Å². The molecule has 1 heterocycles. The lowest BCUT2D eigenvalue weighted by Crippen LogP contribution is -2.04. The van der Waals surface area contributed by atoms with E-state index in [0.29, 0.717) is 11.4 Å². The van der Waals surface area contributed by atoms with Crippen molar-refractivity contribution in [3.8, 4) is 0 Å². The highest BCUT2D eigenvalue weighted by molar-refractivity contribution is 8.13. The zero-order valence-electron chi connectivity index (χ0n) is 7.50. The topological polar surface area (TPSA) is 59.9 Å². The van der Waals surface area contributed by atoms with Crippen molar-refractivity contribution < 1.29 is 8.42 Å². The van der Waals surface area contributed by atoms with Crippen LogP contribution in [0.4, 0.5) is 0 Å². The van der Waals surface area contributed by atoms with Crippen LogP contribution in [0.25, 0.3) is 0 Å². The largest absolute Gasteiger partial charge is 0.296 e. The predicted octanol–water partition coefficient (Wildman–Crippen LogP) is 1.33. The molecule has 0 N–H and O–H groups in total. The molecule has 0 saturated heterocycles. The summed E-state index contributed by atoms with van der Waals surface area (Å²) < 4.78 is 21.8. The third kappa shape index (κ3) is 2.16. The Morgan fingerprint density at radius 1 is 1.08 bits per heavy atom. The smallest absolute Gasteiger partial charge is 0.222 e. The van der Waals surface area contributed by atoms with Gasteiger partial charge < -0.3 is 0 Å². The molecule has 0 unspecified atom stereocenters. The summed E-state index contributed by atoms with van der Waals surface area (Å²) in [6.07, 6.45) is 0. The number of hydrogen-bond donors (Lipinski definition) is 0. The van der Waals surface area contributed by atoms with Crippen LogP contribution in [0.1, 0.15) is 17.0 Å². The van der Waals surface area contributed by atoms with Gasteiger partial charge in [0.2, 0.25) is 0 Å². The molecule has 0 radical (unpaired) electrons. The van der Waals surface area contributed by atoms with E-state index in [1.165, 1.54) is 0 Å². The van der Waals surface area contributed by atoms with Gasteiger partial charge in [-0.3, -0.25) is 0 Å². The monoisotopic (exact) mass is 220 g/mol. The maximum atomic E-state index is 10.9. The van der Waals surface area contributed by atoms with Gasteiger partial charge in [-0.1, -0.05) is 0 Å². The summed E-state index contributed by atoms with van der Waals surface area (Å²) in [4.78, 5) is 7.55. The Balaban J connectivity index is 3.47. The van der Waals surface area contributed by atoms with Crippen LogP contribution in [0.3, 0.4) is 0 Å². The van der Waals surface area contributed by atoms with Crippen molar-refractivity contribution in [1.82, 2.24) is 9.97 Å². The van der Waals surface area contributed by atoms with Crippen molar-refractivity contribution in [2.45, 2.75) is 25.9 Å². The molecule has 0 bridgehead atoms. The van der Waals surface area contributed by atoms with E-state index in [0.717, 1.165) is 5.56 Å². The molecule has 0 amide bonds. The quantitative estimate of drug-likeness (QED) is 0.529. The van der Waals surface area contributed by atoms with Crippen molar-refractivity contribution in [2.75, 3.05) is 0 Å².